The molecule has 0 aliphatic rings. The number of ether oxygens (including phenoxy) is 2. The standard InChI is InChI=1S/C26H25FN2O2/c1-3-18-15-26(29-24-12-8-21(27)16-23(18)24)25-11-7-20(17-28-25)19-5-9-22(10-6-19)31-14-13-30-4-2/h5-12,15-17H,3-4,13-14H2,1-2H3. The topological polar surface area (TPSA) is 44.2 Å². The fourth-order valence-corrected chi connectivity index (χ4v) is 3.51. The van der Waals surface area contributed by atoms with E-state index in [1.54, 1.807) is 12.1 Å². The van der Waals surface area contributed by atoms with E-state index in [1.165, 1.54) is 6.07 Å². The molecule has 4 rings (SSSR count). The van der Waals surface area contributed by atoms with Crippen LogP contribution in [-0.2, 0) is 11.2 Å². The molecule has 0 radical (unpaired) electrons. The molecule has 2 heterocycles. The van der Waals surface area contributed by atoms with Gasteiger partial charge in [0.15, 0.2) is 0 Å². The SMILES string of the molecule is CCOCCOc1ccc(-c2ccc(-c3cc(CC)c4cc(F)ccc4n3)nc2)cc1. The summed E-state index contributed by atoms with van der Waals surface area (Å²) in [6, 6.07) is 18.7. The third-order valence-corrected chi connectivity index (χ3v) is 5.15. The first kappa shape index (κ1) is 20.9. The number of rotatable bonds is 8. The zero-order valence-electron chi connectivity index (χ0n) is 17.8. The molecule has 0 aliphatic heterocycles. The van der Waals surface area contributed by atoms with E-state index in [1.807, 2.05) is 55.6 Å². The number of hydrogen-bond acceptors (Lipinski definition) is 4. The maximum atomic E-state index is 13.6. The van der Waals surface area contributed by atoms with Crippen LogP contribution in [0.3, 0.4) is 0 Å². The van der Waals surface area contributed by atoms with Gasteiger partial charge in [-0.15, -0.1) is 0 Å². The molecule has 2 aromatic carbocycles. The van der Waals surface area contributed by atoms with Gasteiger partial charge < -0.3 is 9.47 Å². The van der Waals surface area contributed by atoms with Crippen molar-refractivity contribution < 1.29 is 13.9 Å². The Morgan fingerprint density at radius 3 is 2.35 bits per heavy atom. The van der Waals surface area contributed by atoms with Crippen LogP contribution in [0, 0.1) is 5.82 Å². The molecule has 0 saturated heterocycles. The summed E-state index contributed by atoms with van der Waals surface area (Å²) in [5.74, 6) is 0.571. The first-order valence-electron chi connectivity index (χ1n) is 10.5. The summed E-state index contributed by atoms with van der Waals surface area (Å²) in [6.45, 7) is 5.84. The highest BCUT2D eigenvalue weighted by Crippen LogP contribution is 2.27. The van der Waals surface area contributed by atoms with Gasteiger partial charge in [-0.05, 0) is 66.9 Å². The van der Waals surface area contributed by atoms with Crippen LogP contribution >= 0.6 is 0 Å². The second-order valence-corrected chi connectivity index (χ2v) is 7.18. The molecule has 0 N–H and O–H groups in total. The van der Waals surface area contributed by atoms with Crippen molar-refractivity contribution in [2.75, 3.05) is 19.8 Å². The molecule has 0 amide bonds. The van der Waals surface area contributed by atoms with Crippen LogP contribution in [0.1, 0.15) is 19.4 Å². The van der Waals surface area contributed by atoms with Crippen LogP contribution in [0.4, 0.5) is 4.39 Å². The van der Waals surface area contributed by atoms with Crippen molar-refractivity contribution in [3.63, 3.8) is 0 Å². The van der Waals surface area contributed by atoms with Crippen LogP contribution in [0.5, 0.6) is 5.75 Å². The Balaban J connectivity index is 1.54. The van der Waals surface area contributed by atoms with Crippen molar-refractivity contribution in [2.45, 2.75) is 20.3 Å². The Hall–Kier alpha value is -3.31. The summed E-state index contributed by atoms with van der Waals surface area (Å²) in [5.41, 5.74) is 5.50. The number of benzene rings is 2. The molecule has 0 bridgehead atoms. The van der Waals surface area contributed by atoms with Gasteiger partial charge in [0.2, 0.25) is 0 Å². The quantitative estimate of drug-likeness (QED) is 0.327. The van der Waals surface area contributed by atoms with Gasteiger partial charge in [0.25, 0.3) is 0 Å². The van der Waals surface area contributed by atoms with Crippen molar-refractivity contribution >= 4 is 10.9 Å². The molecule has 0 unspecified atom stereocenters. The van der Waals surface area contributed by atoms with Crippen molar-refractivity contribution in [3.8, 4) is 28.3 Å². The zero-order valence-corrected chi connectivity index (χ0v) is 17.8. The normalized spacial score (nSPS) is 11.1. The predicted molar refractivity (Wildman–Crippen MR) is 122 cm³/mol. The molecule has 0 saturated carbocycles. The number of hydrogen-bond donors (Lipinski definition) is 0. The summed E-state index contributed by atoms with van der Waals surface area (Å²) < 4.78 is 24.6. The van der Waals surface area contributed by atoms with Crippen molar-refractivity contribution in [1.29, 1.82) is 0 Å². The van der Waals surface area contributed by atoms with E-state index in [9.17, 15) is 4.39 Å². The number of aromatic nitrogens is 2. The molecule has 0 fully saturated rings. The van der Waals surface area contributed by atoms with Gasteiger partial charge in [0.1, 0.15) is 18.2 Å². The van der Waals surface area contributed by atoms with Crippen LogP contribution in [0.2, 0.25) is 0 Å². The smallest absolute Gasteiger partial charge is 0.123 e. The van der Waals surface area contributed by atoms with E-state index in [-0.39, 0.29) is 5.82 Å². The largest absolute Gasteiger partial charge is 0.491 e. The second-order valence-electron chi connectivity index (χ2n) is 7.18. The average molecular weight is 416 g/mol. The number of aryl methyl sites for hydroxylation is 1. The molecule has 5 heteroatoms. The van der Waals surface area contributed by atoms with Crippen LogP contribution < -0.4 is 4.74 Å². The van der Waals surface area contributed by atoms with Crippen molar-refractivity contribution in [2.24, 2.45) is 0 Å². The number of fused-ring (bicyclic) bond motifs is 1. The minimum Gasteiger partial charge on any atom is -0.491 e. The summed E-state index contributed by atoms with van der Waals surface area (Å²) in [5, 5.41) is 0.853. The Bertz CT molecular complexity index is 1160. The Labute approximate surface area is 181 Å². The fourth-order valence-electron chi connectivity index (χ4n) is 3.51. The van der Waals surface area contributed by atoms with Gasteiger partial charge >= 0.3 is 0 Å². The first-order valence-corrected chi connectivity index (χ1v) is 10.5. The lowest BCUT2D eigenvalue weighted by molar-refractivity contribution is 0.110. The Morgan fingerprint density at radius 1 is 0.839 bits per heavy atom. The number of nitrogens with zero attached hydrogens (tertiary/aromatic N) is 2. The summed E-state index contributed by atoms with van der Waals surface area (Å²) in [6.07, 6.45) is 2.65. The van der Waals surface area contributed by atoms with Crippen LogP contribution in [-0.4, -0.2) is 29.8 Å². The molecule has 0 aliphatic carbocycles. The molecule has 2 aromatic heterocycles. The van der Waals surface area contributed by atoms with E-state index in [4.69, 9.17) is 14.5 Å². The Morgan fingerprint density at radius 2 is 1.65 bits per heavy atom. The average Bonchev–Trinajstić information content (AvgIpc) is 2.82. The lowest BCUT2D eigenvalue weighted by atomic mass is 10.0. The molecule has 158 valence electrons. The van der Waals surface area contributed by atoms with Crippen molar-refractivity contribution in [3.05, 3.63) is 78.2 Å². The number of halogens is 1. The molecular weight excluding hydrogens is 391 g/mol. The molecule has 0 spiro atoms. The van der Waals surface area contributed by atoms with E-state index < -0.39 is 0 Å². The van der Waals surface area contributed by atoms with Crippen molar-refractivity contribution in [1.82, 2.24) is 9.97 Å². The summed E-state index contributed by atoms with van der Waals surface area (Å²) >= 11 is 0. The minimum atomic E-state index is -0.245. The second kappa shape index (κ2) is 9.67. The highest BCUT2D eigenvalue weighted by atomic mass is 19.1. The lowest BCUT2D eigenvalue weighted by Gasteiger charge is -2.09. The highest BCUT2D eigenvalue weighted by molar-refractivity contribution is 5.85. The fraction of sp³-hybridized carbons (Fsp3) is 0.231. The van der Waals surface area contributed by atoms with E-state index in [2.05, 4.69) is 11.9 Å². The highest BCUT2D eigenvalue weighted by Gasteiger charge is 2.09. The van der Waals surface area contributed by atoms with E-state index in [0.717, 1.165) is 51.2 Å². The van der Waals surface area contributed by atoms with Gasteiger partial charge in [-0.25, -0.2) is 9.37 Å². The third kappa shape index (κ3) is 4.89. The van der Waals surface area contributed by atoms with E-state index >= 15 is 0 Å². The Kier molecular flexibility index (Phi) is 6.53. The van der Waals surface area contributed by atoms with Gasteiger partial charge in [-0.1, -0.05) is 25.1 Å². The lowest BCUT2D eigenvalue weighted by Crippen LogP contribution is -2.06. The predicted octanol–water partition coefficient (Wildman–Crippen LogP) is 6.08. The summed E-state index contributed by atoms with van der Waals surface area (Å²) in [7, 11) is 0. The van der Waals surface area contributed by atoms with Gasteiger partial charge in [-0.3, -0.25) is 4.98 Å². The third-order valence-electron chi connectivity index (χ3n) is 5.15. The first-order chi connectivity index (χ1) is 15.2. The molecule has 0 atom stereocenters. The minimum absolute atomic E-state index is 0.245. The monoisotopic (exact) mass is 416 g/mol. The zero-order chi connectivity index (χ0) is 21.6. The van der Waals surface area contributed by atoms with Gasteiger partial charge in [0.05, 0.1) is 23.5 Å². The number of pyridine rings is 2. The van der Waals surface area contributed by atoms with Gasteiger partial charge in [0, 0.05) is 23.8 Å². The van der Waals surface area contributed by atoms with Crippen LogP contribution in [0.15, 0.2) is 66.9 Å². The summed E-state index contributed by atoms with van der Waals surface area (Å²) in [4.78, 5) is 9.33. The molecular formula is C26H25FN2O2. The maximum absolute atomic E-state index is 13.6. The maximum Gasteiger partial charge on any atom is 0.123 e. The molecule has 4 aromatic rings. The van der Waals surface area contributed by atoms with E-state index in [0.29, 0.717) is 19.8 Å². The molecule has 31 heavy (non-hydrogen) atoms. The van der Waals surface area contributed by atoms with Gasteiger partial charge in [-0.2, -0.15) is 0 Å². The van der Waals surface area contributed by atoms with Crippen LogP contribution in [0.25, 0.3) is 33.4 Å². The molecule has 4 nitrogen and oxygen atoms in total.